The molecule has 0 spiro atoms. The lowest BCUT2D eigenvalue weighted by Gasteiger charge is -2.14. The highest BCUT2D eigenvalue weighted by atomic mass is 16.2. The molecule has 4 aromatic rings. The predicted octanol–water partition coefficient (Wildman–Crippen LogP) is 3.64. The molecule has 0 aliphatic heterocycles. The van der Waals surface area contributed by atoms with Crippen LogP contribution in [0.25, 0.3) is 21.8 Å². The molecule has 0 fully saturated rings. The molecule has 0 aliphatic carbocycles. The number of nitrogens with zero attached hydrogens (tertiary/aromatic N) is 3. The molecule has 0 unspecified atom stereocenters. The maximum Gasteiger partial charge on any atom is 0.291 e. The van der Waals surface area contributed by atoms with Crippen LogP contribution in [0.3, 0.4) is 0 Å². The van der Waals surface area contributed by atoms with Gasteiger partial charge in [0.2, 0.25) is 5.91 Å². The Hall–Kier alpha value is -3.41. The minimum atomic E-state index is -0.242. The largest absolute Gasteiger partial charge is 0.348 e. The van der Waals surface area contributed by atoms with Gasteiger partial charge < -0.3 is 9.88 Å². The number of nitrogens with one attached hydrogen (secondary N) is 1. The van der Waals surface area contributed by atoms with Crippen LogP contribution >= 0.6 is 0 Å². The van der Waals surface area contributed by atoms with Gasteiger partial charge in [-0.05, 0) is 25.0 Å². The molecular formula is C23H24N4O2. The van der Waals surface area contributed by atoms with Gasteiger partial charge in [-0.25, -0.2) is 4.68 Å². The van der Waals surface area contributed by atoms with Crippen molar-refractivity contribution in [2.45, 2.75) is 39.4 Å². The number of carbonyl (C=O) groups is 1. The van der Waals surface area contributed by atoms with Gasteiger partial charge in [0.15, 0.2) is 0 Å². The summed E-state index contributed by atoms with van der Waals surface area (Å²) >= 11 is 0. The van der Waals surface area contributed by atoms with Crippen molar-refractivity contribution in [3.8, 4) is 0 Å². The lowest BCUT2D eigenvalue weighted by Crippen LogP contribution is -2.35. The van der Waals surface area contributed by atoms with Crippen LogP contribution in [0.1, 0.15) is 31.9 Å². The van der Waals surface area contributed by atoms with Crippen molar-refractivity contribution in [1.29, 1.82) is 0 Å². The number of aromatic nitrogens is 3. The first kappa shape index (κ1) is 18.9. The van der Waals surface area contributed by atoms with Crippen LogP contribution in [0.2, 0.25) is 0 Å². The SMILES string of the molecule is CCCn1c2ccccc2c2cnn(CC(=O)N[C@H](C)c3ccccc3)c(=O)c21. The van der Waals surface area contributed by atoms with Gasteiger partial charge in [0, 0.05) is 22.8 Å². The van der Waals surface area contributed by atoms with Crippen molar-refractivity contribution in [3.63, 3.8) is 0 Å². The minimum absolute atomic E-state index is 0.112. The smallest absolute Gasteiger partial charge is 0.291 e. The van der Waals surface area contributed by atoms with Crippen molar-refractivity contribution in [2.24, 2.45) is 0 Å². The Balaban J connectivity index is 1.67. The summed E-state index contributed by atoms with van der Waals surface area (Å²) in [6.45, 7) is 4.63. The van der Waals surface area contributed by atoms with Gasteiger partial charge in [0.1, 0.15) is 12.1 Å². The Morgan fingerprint density at radius 2 is 1.79 bits per heavy atom. The summed E-state index contributed by atoms with van der Waals surface area (Å²) in [5, 5.41) is 9.06. The lowest BCUT2D eigenvalue weighted by molar-refractivity contribution is -0.122. The Morgan fingerprint density at radius 3 is 2.55 bits per heavy atom. The molecule has 1 N–H and O–H groups in total. The van der Waals surface area contributed by atoms with Gasteiger partial charge in [0.25, 0.3) is 5.56 Å². The molecule has 0 saturated heterocycles. The summed E-state index contributed by atoms with van der Waals surface area (Å²) in [5.74, 6) is -0.242. The van der Waals surface area contributed by atoms with E-state index in [1.54, 1.807) is 6.20 Å². The molecule has 0 radical (unpaired) electrons. The first-order valence-electron chi connectivity index (χ1n) is 9.91. The Kier molecular flexibility index (Phi) is 5.16. The van der Waals surface area contributed by atoms with Crippen LogP contribution in [0, 0.1) is 0 Å². The monoisotopic (exact) mass is 388 g/mol. The highest BCUT2D eigenvalue weighted by Gasteiger charge is 2.17. The second-order valence-corrected chi connectivity index (χ2v) is 7.24. The van der Waals surface area contributed by atoms with Gasteiger partial charge in [-0.15, -0.1) is 0 Å². The topological polar surface area (TPSA) is 68.9 Å². The third-order valence-electron chi connectivity index (χ3n) is 5.19. The Labute approximate surface area is 168 Å². The Bertz CT molecular complexity index is 1220. The zero-order valence-corrected chi connectivity index (χ0v) is 16.6. The van der Waals surface area contributed by atoms with Gasteiger partial charge in [0.05, 0.1) is 12.2 Å². The van der Waals surface area contributed by atoms with Gasteiger partial charge in [-0.3, -0.25) is 9.59 Å². The highest BCUT2D eigenvalue weighted by Crippen LogP contribution is 2.26. The fourth-order valence-electron chi connectivity index (χ4n) is 3.81. The van der Waals surface area contributed by atoms with Crippen LogP contribution in [0.15, 0.2) is 65.6 Å². The molecular weight excluding hydrogens is 364 g/mol. The zero-order valence-electron chi connectivity index (χ0n) is 16.6. The molecule has 6 nitrogen and oxygen atoms in total. The molecule has 29 heavy (non-hydrogen) atoms. The molecule has 0 aliphatic rings. The van der Waals surface area contributed by atoms with Crippen LogP contribution in [-0.4, -0.2) is 20.3 Å². The van der Waals surface area contributed by atoms with Crippen LogP contribution in [0.5, 0.6) is 0 Å². The van der Waals surface area contributed by atoms with E-state index in [0.29, 0.717) is 5.52 Å². The number of amides is 1. The number of benzene rings is 2. The number of rotatable bonds is 6. The maximum absolute atomic E-state index is 13.2. The van der Waals surface area contributed by atoms with Crippen molar-refractivity contribution >= 4 is 27.7 Å². The van der Waals surface area contributed by atoms with E-state index in [-0.39, 0.29) is 24.1 Å². The lowest BCUT2D eigenvalue weighted by atomic mass is 10.1. The average Bonchev–Trinajstić information content (AvgIpc) is 3.05. The number of aryl methyl sites for hydroxylation is 1. The van der Waals surface area contributed by atoms with Gasteiger partial charge >= 0.3 is 0 Å². The zero-order chi connectivity index (χ0) is 20.4. The van der Waals surface area contributed by atoms with E-state index >= 15 is 0 Å². The summed E-state index contributed by atoms with van der Waals surface area (Å²) in [7, 11) is 0. The van der Waals surface area contributed by atoms with E-state index in [4.69, 9.17) is 0 Å². The second kappa shape index (κ2) is 7.91. The summed E-state index contributed by atoms with van der Waals surface area (Å²) in [6, 6.07) is 17.5. The van der Waals surface area contributed by atoms with E-state index in [1.165, 1.54) is 4.68 Å². The van der Waals surface area contributed by atoms with Crippen molar-refractivity contribution < 1.29 is 4.79 Å². The van der Waals surface area contributed by atoms with Gasteiger partial charge in [-0.2, -0.15) is 5.10 Å². The minimum Gasteiger partial charge on any atom is -0.348 e. The van der Waals surface area contributed by atoms with Crippen LogP contribution in [0.4, 0.5) is 0 Å². The van der Waals surface area contributed by atoms with Crippen LogP contribution in [-0.2, 0) is 17.9 Å². The van der Waals surface area contributed by atoms with Crippen LogP contribution < -0.4 is 10.9 Å². The first-order valence-corrected chi connectivity index (χ1v) is 9.91. The van der Waals surface area contributed by atoms with Crippen molar-refractivity contribution in [2.75, 3.05) is 0 Å². The molecule has 6 heteroatoms. The van der Waals surface area contributed by atoms with E-state index in [9.17, 15) is 9.59 Å². The predicted molar refractivity (Wildman–Crippen MR) is 115 cm³/mol. The molecule has 1 amide bonds. The van der Waals surface area contributed by atoms with Gasteiger partial charge in [-0.1, -0.05) is 55.5 Å². The fraction of sp³-hybridized carbons (Fsp3) is 0.261. The third-order valence-corrected chi connectivity index (χ3v) is 5.19. The second-order valence-electron chi connectivity index (χ2n) is 7.24. The number of fused-ring (bicyclic) bond motifs is 3. The summed E-state index contributed by atoms with van der Waals surface area (Å²) < 4.78 is 3.29. The van der Waals surface area contributed by atoms with E-state index in [1.807, 2.05) is 66.1 Å². The van der Waals surface area contributed by atoms with E-state index in [0.717, 1.165) is 34.8 Å². The molecule has 148 valence electrons. The summed E-state index contributed by atoms with van der Waals surface area (Å²) in [5.41, 5.74) is 2.39. The normalized spacial score (nSPS) is 12.3. The molecule has 2 heterocycles. The molecule has 2 aromatic heterocycles. The summed E-state index contributed by atoms with van der Waals surface area (Å²) in [4.78, 5) is 25.7. The first-order chi connectivity index (χ1) is 14.1. The third kappa shape index (κ3) is 3.53. The summed E-state index contributed by atoms with van der Waals surface area (Å²) in [6.07, 6.45) is 2.60. The quantitative estimate of drug-likeness (QED) is 0.548. The standard InChI is InChI=1S/C23H24N4O2/c1-3-13-26-20-12-8-7-11-18(20)19-14-24-27(23(29)22(19)26)15-21(28)25-16(2)17-9-5-4-6-10-17/h4-12,14,16H,3,13,15H2,1-2H3,(H,25,28)/t16-/m1/s1. The Morgan fingerprint density at radius 1 is 1.07 bits per heavy atom. The molecule has 1 atom stereocenters. The number of carbonyl (C=O) groups excluding carboxylic acids is 1. The average molecular weight is 388 g/mol. The van der Waals surface area contributed by atoms with E-state index < -0.39 is 0 Å². The molecule has 2 aromatic carbocycles. The maximum atomic E-state index is 13.2. The highest BCUT2D eigenvalue weighted by molar-refractivity contribution is 6.07. The van der Waals surface area contributed by atoms with Crippen molar-refractivity contribution in [3.05, 3.63) is 76.7 Å². The number of hydrogen-bond acceptors (Lipinski definition) is 3. The number of hydrogen-bond donors (Lipinski definition) is 1. The van der Waals surface area contributed by atoms with Crippen molar-refractivity contribution in [1.82, 2.24) is 19.7 Å². The molecule has 0 saturated carbocycles. The number of para-hydroxylation sites is 1. The molecule has 0 bridgehead atoms. The molecule has 4 rings (SSSR count). The van der Waals surface area contributed by atoms with E-state index in [2.05, 4.69) is 17.3 Å². The fourth-order valence-corrected chi connectivity index (χ4v) is 3.81.